The van der Waals surface area contributed by atoms with Crippen LogP contribution in [0.3, 0.4) is 0 Å². The number of hydrogen-bond donors (Lipinski definition) is 2. The molecule has 3 aromatic rings. The molecule has 1 atom stereocenters. The predicted molar refractivity (Wildman–Crippen MR) is 98.5 cm³/mol. The molecule has 0 radical (unpaired) electrons. The molecule has 0 heterocycles. The van der Waals surface area contributed by atoms with E-state index in [0.717, 1.165) is 31.5 Å². The molecule has 124 valence electrons. The average molecular weight is 322 g/mol. The van der Waals surface area contributed by atoms with Gasteiger partial charge in [0.1, 0.15) is 5.82 Å². The van der Waals surface area contributed by atoms with Crippen molar-refractivity contribution in [2.45, 2.75) is 18.9 Å². The maximum absolute atomic E-state index is 12.9. The smallest absolute Gasteiger partial charge is 0.123 e. The van der Waals surface area contributed by atoms with Crippen molar-refractivity contribution in [1.82, 2.24) is 5.32 Å². The summed E-state index contributed by atoms with van der Waals surface area (Å²) in [7, 11) is 0. The highest BCUT2D eigenvalue weighted by molar-refractivity contribution is 5.82. The molecule has 2 nitrogen and oxygen atoms in total. The zero-order valence-corrected chi connectivity index (χ0v) is 13.7. The molecule has 0 aromatic heterocycles. The summed E-state index contributed by atoms with van der Waals surface area (Å²) >= 11 is 0. The minimum Gasteiger partial charge on any atom is -0.324 e. The van der Waals surface area contributed by atoms with Gasteiger partial charge in [0, 0.05) is 6.04 Å². The van der Waals surface area contributed by atoms with Gasteiger partial charge in [-0.3, -0.25) is 0 Å². The van der Waals surface area contributed by atoms with Crippen molar-refractivity contribution in [2.75, 3.05) is 13.1 Å². The van der Waals surface area contributed by atoms with Gasteiger partial charge in [-0.1, -0.05) is 54.6 Å². The van der Waals surface area contributed by atoms with Crippen LogP contribution in [0.2, 0.25) is 0 Å². The van der Waals surface area contributed by atoms with Crippen LogP contribution in [-0.4, -0.2) is 13.1 Å². The Morgan fingerprint density at radius 2 is 1.62 bits per heavy atom. The van der Waals surface area contributed by atoms with Gasteiger partial charge < -0.3 is 11.1 Å². The van der Waals surface area contributed by atoms with Crippen molar-refractivity contribution in [3.8, 4) is 0 Å². The zero-order valence-electron chi connectivity index (χ0n) is 13.7. The number of rotatable bonds is 7. The molecule has 3 rings (SSSR count). The fourth-order valence-corrected chi connectivity index (χ4v) is 2.89. The third kappa shape index (κ3) is 4.40. The average Bonchev–Trinajstić information content (AvgIpc) is 2.61. The molecule has 1 unspecified atom stereocenters. The molecule has 0 saturated heterocycles. The van der Waals surface area contributed by atoms with Crippen LogP contribution in [0, 0.1) is 5.82 Å². The minimum absolute atomic E-state index is 0.0567. The van der Waals surface area contributed by atoms with E-state index >= 15 is 0 Å². The Labute approximate surface area is 142 Å². The Balaban J connectivity index is 1.42. The fraction of sp³-hybridized carbons (Fsp3) is 0.238. The lowest BCUT2D eigenvalue weighted by Crippen LogP contribution is -2.23. The van der Waals surface area contributed by atoms with Gasteiger partial charge in [-0.15, -0.1) is 0 Å². The van der Waals surface area contributed by atoms with Crippen LogP contribution < -0.4 is 11.1 Å². The number of nitrogens with two attached hydrogens (primary N) is 1. The highest BCUT2D eigenvalue weighted by atomic mass is 19.1. The monoisotopic (exact) mass is 322 g/mol. The van der Waals surface area contributed by atoms with Gasteiger partial charge in [0.2, 0.25) is 0 Å². The number of benzene rings is 3. The molecule has 0 fully saturated rings. The molecule has 0 bridgehead atoms. The summed E-state index contributed by atoms with van der Waals surface area (Å²) in [6.45, 7) is 1.78. The molecule has 0 aliphatic rings. The van der Waals surface area contributed by atoms with Crippen LogP contribution in [0.4, 0.5) is 4.39 Å². The van der Waals surface area contributed by atoms with Crippen LogP contribution in [0.25, 0.3) is 10.8 Å². The summed E-state index contributed by atoms with van der Waals surface area (Å²) in [6, 6.07) is 21.4. The zero-order chi connectivity index (χ0) is 16.8. The van der Waals surface area contributed by atoms with Gasteiger partial charge in [0.05, 0.1) is 0 Å². The lowest BCUT2D eigenvalue weighted by molar-refractivity contribution is 0.578. The van der Waals surface area contributed by atoms with Gasteiger partial charge >= 0.3 is 0 Å². The van der Waals surface area contributed by atoms with Crippen LogP contribution in [0.5, 0.6) is 0 Å². The molecule has 0 spiro atoms. The summed E-state index contributed by atoms with van der Waals surface area (Å²) in [5, 5.41) is 6.00. The first-order chi connectivity index (χ1) is 11.7. The summed E-state index contributed by atoms with van der Waals surface area (Å²) in [4.78, 5) is 0. The first-order valence-corrected chi connectivity index (χ1v) is 8.42. The molecule has 3 aromatic carbocycles. The first-order valence-electron chi connectivity index (χ1n) is 8.42. The van der Waals surface area contributed by atoms with Crippen molar-refractivity contribution in [3.63, 3.8) is 0 Å². The lowest BCUT2D eigenvalue weighted by atomic mass is 10.0. The quantitative estimate of drug-likeness (QED) is 0.640. The Bertz CT molecular complexity index is 783. The fourth-order valence-electron chi connectivity index (χ4n) is 2.89. The maximum Gasteiger partial charge on any atom is 0.123 e. The van der Waals surface area contributed by atoms with Crippen LogP contribution in [0.1, 0.15) is 23.6 Å². The van der Waals surface area contributed by atoms with Gasteiger partial charge in [0.25, 0.3) is 0 Å². The van der Waals surface area contributed by atoms with Gasteiger partial charge in [-0.2, -0.15) is 0 Å². The number of halogens is 1. The highest BCUT2D eigenvalue weighted by Crippen LogP contribution is 2.16. The normalized spacial score (nSPS) is 12.4. The minimum atomic E-state index is -0.223. The van der Waals surface area contributed by atoms with Crippen molar-refractivity contribution >= 4 is 10.8 Å². The lowest BCUT2D eigenvalue weighted by Gasteiger charge is -2.12. The molecular weight excluding hydrogens is 299 g/mol. The Morgan fingerprint density at radius 1 is 0.875 bits per heavy atom. The van der Waals surface area contributed by atoms with E-state index in [2.05, 4.69) is 47.8 Å². The molecule has 0 amide bonds. The summed E-state index contributed by atoms with van der Waals surface area (Å²) in [5.74, 6) is -0.223. The van der Waals surface area contributed by atoms with Crippen LogP contribution in [-0.2, 0) is 6.42 Å². The van der Waals surface area contributed by atoms with E-state index < -0.39 is 0 Å². The molecular formula is C21H23FN2. The molecule has 0 aliphatic carbocycles. The third-order valence-corrected chi connectivity index (χ3v) is 4.33. The van der Waals surface area contributed by atoms with E-state index in [0.29, 0.717) is 0 Å². The predicted octanol–water partition coefficient (Wildman–Crippen LogP) is 4.20. The highest BCUT2D eigenvalue weighted by Gasteiger charge is 2.05. The van der Waals surface area contributed by atoms with Crippen molar-refractivity contribution in [1.29, 1.82) is 0 Å². The van der Waals surface area contributed by atoms with E-state index in [-0.39, 0.29) is 11.9 Å². The SMILES string of the molecule is NC(CCNCCc1ccc2ccccc2c1)c1ccc(F)cc1. The van der Waals surface area contributed by atoms with E-state index in [9.17, 15) is 4.39 Å². The standard InChI is InChI=1S/C21H23FN2/c22-20-9-7-18(8-10-20)21(23)12-14-24-13-11-16-5-6-17-3-1-2-4-19(17)15-16/h1-10,15,21,24H,11-14,23H2. The molecule has 0 aliphatic heterocycles. The van der Waals surface area contributed by atoms with Crippen molar-refractivity contribution in [3.05, 3.63) is 83.7 Å². The summed E-state index contributed by atoms with van der Waals surface area (Å²) in [6.07, 6.45) is 1.83. The Kier molecular flexibility index (Phi) is 5.57. The summed E-state index contributed by atoms with van der Waals surface area (Å²) < 4.78 is 12.9. The second-order valence-electron chi connectivity index (χ2n) is 6.13. The topological polar surface area (TPSA) is 38.0 Å². The van der Waals surface area contributed by atoms with E-state index in [1.807, 2.05) is 0 Å². The van der Waals surface area contributed by atoms with E-state index in [4.69, 9.17) is 5.73 Å². The second kappa shape index (κ2) is 8.04. The van der Waals surface area contributed by atoms with E-state index in [1.165, 1.54) is 28.5 Å². The van der Waals surface area contributed by atoms with Crippen molar-refractivity contribution < 1.29 is 4.39 Å². The number of nitrogens with one attached hydrogen (secondary N) is 1. The van der Waals surface area contributed by atoms with E-state index in [1.54, 1.807) is 12.1 Å². The molecule has 0 saturated carbocycles. The maximum atomic E-state index is 12.9. The van der Waals surface area contributed by atoms with Gasteiger partial charge in [0.15, 0.2) is 0 Å². The van der Waals surface area contributed by atoms with Crippen molar-refractivity contribution in [2.24, 2.45) is 5.73 Å². The van der Waals surface area contributed by atoms with Crippen LogP contribution >= 0.6 is 0 Å². The Hall–Kier alpha value is -2.23. The number of fused-ring (bicyclic) bond motifs is 1. The molecule has 24 heavy (non-hydrogen) atoms. The van der Waals surface area contributed by atoms with Crippen LogP contribution in [0.15, 0.2) is 66.7 Å². The van der Waals surface area contributed by atoms with Gasteiger partial charge in [-0.25, -0.2) is 4.39 Å². The third-order valence-electron chi connectivity index (χ3n) is 4.33. The van der Waals surface area contributed by atoms with Gasteiger partial charge in [-0.05, 0) is 60.0 Å². The molecule has 3 N–H and O–H groups in total. The number of hydrogen-bond acceptors (Lipinski definition) is 2. The second-order valence-corrected chi connectivity index (χ2v) is 6.13. The largest absolute Gasteiger partial charge is 0.324 e. The molecule has 3 heteroatoms. The summed E-state index contributed by atoms with van der Waals surface area (Å²) in [5.41, 5.74) is 8.45. The first kappa shape index (κ1) is 16.6. The Morgan fingerprint density at radius 3 is 2.42 bits per heavy atom.